The maximum Gasteiger partial charge on any atom is 0.253 e. The van der Waals surface area contributed by atoms with Gasteiger partial charge in [-0.1, -0.05) is 25.7 Å². The molecule has 3 fully saturated rings. The molecule has 2 bridgehead atoms. The molecule has 4 nitrogen and oxygen atoms in total. The Morgan fingerprint density at radius 1 is 0.812 bits per heavy atom. The van der Waals surface area contributed by atoms with Crippen LogP contribution in [0.5, 0.6) is 0 Å². The van der Waals surface area contributed by atoms with Gasteiger partial charge < -0.3 is 0 Å². The van der Waals surface area contributed by atoms with Gasteiger partial charge in [-0.2, -0.15) is 5.06 Å². The zero-order chi connectivity index (χ0) is 11.5. The van der Waals surface area contributed by atoms with Crippen molar-refractivity contribution >= 4 is 11.8 Å². The number of fused-ring (bicyclic) bond motifs is 8. The van der Waals surface area contributed by atoms with Crippen LogP contribution in [0.3, 0.4) is 0 Å². The quantitative estimate of drug-likeness (QED) is 0.507. The van der Waals surface area contributed by atoms with Gasteiger partial charge in [0.05, 0.1) is 0 Å². The molecule has 2 aliphatic heterocycles. The molecule has 0 spiro atoms. The molecule has 0 unspecified atom stereocenters. The Hall–Kier alpha value is -0.900. The van der Waals surface area contributed by atoms with Gasteiger partial charge in [0.25, 0.3) is 11.8 Å². The van der Waals surface area contributed by atoms with Crippen molar-refractivity contribution in [3.8, 4) is 0 Å². The van der Waals surface area contributed by atoms with E-state index in [0.29, 0.717) is 29.7 Å². The van der Waals surface area contributed by atoms with Gasteiger partial charge in [0.15, 0.2) is 0 Å². The van der Waals surface area contributed by atoms with Gasteiger partial charge in [0.1, 0.15) is 0 Å². The van der Waals surface area contributed by atoms with Crippen molar-refractivity contribution in [2.75, 3.05) is 0 Å². The summed E-state index contributed by atoms with van der Waals surface area (Å²) in [6.07, 6.45) is 6.95. The highest BCUT2D eigenvalue weighted by Gasteiger charge is 2.27. The van der Waals surface area contributed by atoms with Gasteiger partial charge in [0.2, 0.25) is 0 Å². The van der Waals surface area contributed by atoms with E-state index < -0.39 is 11.8 Å². The summed E-state index contributed by atoms with van der Waals surface area (Å²) in [6.45, 7) is 0. The number of nitrogens with zero attached hydrogens (tertiary/aromatic N) is 1. The number of imide groups is 1. The summed E-state index contributed by atoms with van der Waals surface area (Å²) in [7, 11) is 0. The Balaban J connectivity index is 2.04. The zero-order valence-electron chi connectivity index (χ0n) is 9.52. The molecule has 3 aliphatic rings. The lowest BCUT2D eigenvalue weighted by atomic mass is 9.78. The summed E-state index contributed by atoms with van der Waals surface area (Å²) in [6, 6.07) is 0. The average molecular weight is 225 g/mol. The Labute approximate surface area is 95.6 Å². The van der Waals surface area contributed by atoms with Gasteiger partial charge in [-0.3, -0.25) is 14.8 Å². The maximum atomic E-state index is 11.5. The first-order valence-corrected chi connectivity index (χ1v) is 6.21. The van der Waals surface area contributed by atoms with E-state index in [-0.39, 0.29) is 0 Å². The Bertz CT molecular complexity index is 254. The van der Waals surface area contributed by atoms with E-state index in [0.717, 1.165) is 12.8 Å². The maximum absolute atomic E-state index is 11.5. The van der Waals surface area contributed by atoms with E-state index in [1.165, 1.54) is 25.7 Å². The SMILES string of the molecule is O=C1CCC2CCC(CCC(=O)N1O)CC2. The smallest absolute Gasteiger partial charge is 0.253 e. The van der Waals surface area contributed by atoms with Gasteiger partial charge in [0, 0.05) is 12.8 Å². The van der Waals surface area contributed by atoms with Crippen LogP contribution in [-0.4, -0.2) is 22.1 Å². The van der Waals surface area contributed by atoms with Crippen molar-refractivity contribution in [1.29, 1.82) is 0 Å². The molecule has 2 saturated heterocycles. The number of amides is 2. The summed E-state index contributed by atoms with van der Waals surface area (Å²) in [5.74, 6) is 0.356. The highest BCUT2D eigenvalue weighted by atomic mass is 16.5. The number of carbonyl (C=O) groups is 2. The molecule has 16 heavy (non-hydrogen) atoms. The fourth-order valence-corrected chi connectivity index (χ4v) is 2.81. The van der Waals surface area contributed by atoms with Crippen LogP contribution in [0.1, 0.15) is 51.4 Å². The molecule has 3 rings (SSSR count). The molecule has 1 N–H and O–H groups in total. The molecule has 0 radical (unpaired) electrons. The first kappa shape index (κ1) is 11.6. The van der Waals surface area contributed by atoms with Gasteiger partial charge in [-0.15, -0.1) is 0 Å². The molecule has 2 heterocycles. The van der Waals surface area contributed by atoms with Gasteiger partial charge in [-0.05, 0) is 24.7 Å². The molecule has 4 heteroatoms. The molecule has 0 atom stereocenters. The summed E-state index contributed by atoms with van der Waals surface area (Å²) in [5, 5.41) is 9.73. The molecule has 0 aromatic rings. The molecular formula is C12H19NO3. The number of hydroxylamine groups is 2. The second kappa shape index (κ2) is 4.95. The molecule has 2 amide bonds. The average Bonchev–Trinajstić information content (AvgIpc) is 2.35. The third-order valence-corrected chi connectivity index (χ3v) is 3.97. The fourth-order valence-electron chi connectivity index (χ4n) is 2.81. The normalized spacial score (nSPS) is 32.7. The van der Waals surface area contributed by atoms with E-state index in [1.54, 1.807) is 0 Å². The summed E-state index contributed by atoms with van der Waals surface area (Å²) in [5.41, 5.74) is 0. The zero-order valence-corrected chi connectivity index (χ0v) is 9.52. The van der Waals surface area contributed by atoms with Crippen molar-refractivity contribution in [3.05, 3.63) is 0 Å². The lowest BCUT2D eigenvalue weighted by molar-refractivity contribution is -0.179. The van der Waals surface area contributed by atoms with E-state index in [9.17, 15) is 14.8 Å². The lowest BCUT2D eigenvalue weighted by Crippen LogP contribution is -2.33. The van der Waals surface area contributed by atoms with Gasteiger partial charge in [-0.25, -0.2) is 0 Å². The predicted octanol–water partition coefficient (Wildman–Crippen LogP) is 2.11. The van der Waals surface area contributed by atoms with Crippen LogP contribution >= 0.6 is 0 Å². The second-order valence-corrected chi connectivity index (χ2v) is 5.06. The van der Waals surface area contributed by atoms with Crippen molar-refractivity contribution in [2.45, 2.75) is 51.4 Å². The van der Waals surface area contributed by atoms with Crippen molar-refractivity contribution < 1.29 is 14.8 Å². The van der Waals surface area contributed by atoms with E-state index in [1.807, 2.05) is 0 Å². The first-order chi connectivity index (χ1) is 7.66. The standard InChI is InChI=1S/C12H19NO3/c14-11-7-5-9-1-2-10(4-3-9)6-8-12(15)13(11)16/h9-10,16H,1-8H2. The Kier molecular flexibility index (Phi) is 3.59. The van der Waals surface area contributed by atoms with Gasteiger partial charge >= 0.3 is 0 Å². The van der Waals surface area contributed by atoms with Crippen LogP contribution in [0, 0.1) is 11.8 Å². The van der Waals surface area contributed by atoms with Crippen LogP contribution < -0.4 is 0 Å². The first-order valence-electron chi connectivity index (χ1n) is 6.21. The third kappa shape index (κ3) is 2.61. The van der Waals surface area contributed by atoms with E-state index in [2.05, 4.69) is 0 Å². The number of carbonyl (C=O) groups excluding carboxylic acids is 2. The Morgan fingerprint density at radius 3 is 1.56 bits per heavy atom. The highest BCUT2D eigenvalue weighted by molar-refractivity contribution is 5.93. The van der Waals surface area contributed by atoms with Crippen LogP contribution in [0.25, 0.3) is 0 Å². The minimum absolute atomic E-state index is 0.303. The largest absolute Gasteiger partial charge is 0.279 e. The number of hydrogen-bond acceptors (Lipinski definition) is 3. The summed E-state index contributed by atoms with van der Waals surface area (Å²) >= 11 is 0. The van der Waals surface area contributed by atoms with E-state index >= 15 is 0 Å². The number of rotatable bonds is 0. The number of hydrogen-bond donors (Lipinski definition) is 1. The third-order valence-electron chi connectivity index (χ3n) is 3.97. The lowest BCUT2D eigenvalue weighted by Gasteiger charge is -2.27. The van der Waals surface area contributed by atoms with E-state index in [4.69, 9.17) is 0 Å². The topological polar surface area (TPSA) is 57.6 Å². The molecule has 0 aromatic carbocycles. The van der Waals surface area contributed by atoms with Crippen molar-refractivity contribution in [2.24, 2.45) is 11.8 Å². The molecule has 1 aliphatic carbocycles. The predicted molar refractivity (Wildman–Crippen MR) is 57.6 cm³/mol. The second-order valence-electron chi connectivity index (χ2n) is 5.06. The minimum Gasteiger partial charge on any atom is -0.279 e. The van der Waals surface area contributed by atoms with Crippen LogP contribution in [0.2, 0.25) is 0 Å². The molecule has 90 valence electrons. The fraction of sp³-hybridized carbons (Fsp3) is 0.833. The summed E-state index contributed by atoms with van der Waals surface area (Å²) in [4.78, 5) is 23.0. The van der Waals surface area contributed by atoms with Crippen LogP contribution in [0.4, 0.5) is 0 Å². The van der Waals surface area contributed by atoms with Crippen LogP contribution in [-0.2, 0) is 9.59 Å². The van der Waals surface area contributed by atoms with Crippen molar-refractivity contribution in [3.63, 3.8) is 0 Å². The van der Waals surface area contributed by atoms with Crippen molar-refractivity contribution in [1.82, 2.24) is 5.06 Å². The Morgan fingerprint density at radius 2 is 1.19 bits per heavy atom. The molecule has 0 aromatic heterocycles. The van der Waals surface area contributed by atoms with Crippen LogP contribution in [0.15, 0.2) is 0 Å². The summed E-state index contributed by atoms with van der Waals surface area (Å²) < 4.78 is 0. The monoisotopic (exact) mass is 225 g/mol. The molecule has 1 saturated carbocycles. The minimum atomic E-state index is -0.435. The highest BCUT2D eigenvalue weighted by Crippen LogP contribution is 2.34. The molecular weight excluding hydrogens is 206 g/mol.